The third-order valence-corrected chi connectivity index (χ3v) is 4.38. The van der Waals surface area contributed by atoms with E-state index >= 15 is 0 Å². The molecule has 1 N–H and O–H groups in total. The van der Waals surface area contributed by atoms with Gasteiger partial charge in [0.1, 0.15) is 10.0 Å². The lowest BCUT2D eigenvalue weighted by Crippen LogP contribution is -2.13. The second-order valence-corrected chi connectivity index (χ2v) is 6.19. The second-order valence-electron chi connectivity index (χ2n) is 3.74. The molecule has 1 aromatic heterocycles. The van der Waals surface area contributed by atoms with Crippen LogP contribution in [0.1, 0.15) is 5.56 Å². The van der Waals surface area contributed by atoms with Crippen molar-refractivity contribution >= 4 is 38.9 Å². The first kappa shape index (κ1) is 14.6. The normalized spacial score (nSPS) is 10.8. The molecule has 0 radical (unpaired) electrons. The molecule has 0 bridgehead atoms. The average molecular weight is 328 g/mol. The van der Waals surface area contributed by atoms with E-state index in [1.165, 1.54) is 30.3 Å². The fourth-order valence-corrected chi connectivity index (χ4v) is 2.74. The van der Waals surface area contributed by atoms with E-state index in [0.29, 0.717) is 11.3 Å². The molecule has 0 atom stereocenters. The molecule has 0 aliphatic carbocycles. The smallest absolute Gasteiger partial charge is 0.263 e. The Hall–Kier alpha value is -1.81. The van der Waals surface area contributed by atoms with Gasteiger partial charge in [-0.15, -0.1) is 0 Å². The number of pyridine rings is 1. The van der Waals surface area contributed by atoms with Crippen LogP contribution in [0.2, 0.25) is 10.2 Å². The van der Waals surface area contributed by atoms with Crippen LogP contribution in [0, 0.1) is 11.3 Å². The predicted octanol–water partition coefficient (Wildman–Crippen LogP) is 3.06. The number of nitrogens with one attached hydrogen (secondary N) is 1. The highest BCUT2D eigenvalue weighted by Crippen LogP contribution is 2.23. The van der Waals surface area contributed by atoms with Crippen molar-refractivity contribution < 1.29 is 8.42 Å². The number of nitrogens with zero attached hydrogens (tertiary/aromatic N) is 2. The standard InChI is InChI=1S/C12H7Cl2N3O2S/c13-11-5-10(7-16-12(11)14)20(18,19)17-9-3-1-8(6-15)2-4-9/h1-5,7,17H. The number of nitriles is 1. The highest BCUT2D eigenvalue weighted by molar-refractivity contribution is 7.92. The lowest BCUT2D eigenvalue weighted by Gasteiger charge is -2.08. The number of benzene rings is 1. The Kier molecular flexibility index (Phi) is 4.14. The van der Waals surface area contributed by atoms with Crippen LogP contribution in [0.4, 0.5) is 5.69 Å². The molecule has 1 aromatic carbocycles. The topological polar surface area (TPSA) is 82.9 Å². The van der Waals surface area contributed by atoms with Crippen LogP contribution < -0.4 is 4.72 Å². The van der Waals surface area contributed by atoms with Crippen LogP contribution in [0.3, 0.4) is 0 Å². The fraction of sp³-hybridized carbons (Fsp3) is 0. The summed E-state index contributed by atoms with van der Waals surface area (Å²) in [5, 5.41) is 8.75. The van der Waals surface area contributed by atoms with Gasteiger partial charge in [-0.25, -0.2) is 13.4 Å². The molecule has 5 nitrogen and oxygen atoms in total. The maximum absolute atomic E-state index is 12.1. The van der Waals surface area contributed by atoms with Gasteiger partial charge >= 0.3 is 0 Å². The number of hydrogen-bond donors (Lipinski definition) is 1. The molecule has 0 spiro atoms. The molecular weight excluding hydrogens is 321 g/mol. The van der Waals surface area contributed by atoms with E-state index < -0.39 is 10.0 Å². The SMILES string of the molecule is N#Cc1ccc(NS(=O)(=O)c2cnc(Cl)c(Cl)c2)cc1. The van der Waals surface area contributed by atoms with E-state index in [9.17, 15) is 8.42 Å². The van der Waals surface area contributed by atoms with Crippen molar-refractivity contribution in [3.8, 4) is 6.07 Å². The maximum atomic E-state index is 12.1. The van der Waals surface area contributed by atoms with E-state index in [-0.39, 0.29) is 15.1 Å². The van der Waals surface area contributed by atoms with Gasteiger partial charge in [0.05, 0.1) is 16.7 Å². The van der Waals surface area contributed by atoms with E-state index in [4.69, 9.17) is 28.5 Å². The zero-order valence-electron chi connectivity index (χ0n) is 9.84. The molecule has 102 valence electrons. The minimum atomic E-state index is -3.81. The minimum Gasteiger partial charge on any atom is -0.280 e. The van der Waals surface area contributed by atoms with E-state index in [2.05, 4.69) is 9.71 Å². The third-order valence-electron chi connectivity index (χ3n) is 2.35. The molecule has 0 fully saturated rings. The molecule has 2 rings (SSSR count). The molecule has 0 saturated carbocycles. The fourth-order valence-electron chi connectivity index (χ4n) is 1.38. The minimum absolute atomic E-state index is 0.0315. The average Bonchev–Trinajstić information content (AvgIpc) is 2.42. The summed E-state index contributed by atoms with van der Waals surface area (Å²) < 4.78 is 26.6. The van der Waals surface area contributed by atoms with Gasteiger partial charge in [0.15, 0.2) is 0 Å². The van der Waals surface area contributed by atoms with Gasteiger partial charge in [-0.05, 0) is 30.3 Å². The third kappa shape index (κ3) is 3.20. The molecule has 0 unspecified atom stereocenters. The van der Waals surface area contributed by atoms with E-state index in [1.54, 1.807) is 0 Å². The molecule has 2 aromatic rings. The summed E-state index contributed by atoms with van der Waals surface area (Å²) in [6.45, 7) is 0. The van der Waals surface area contributed by atoms with Gasteiger partial charge in [-0.2, -0.15) is 5.26 Å². The van der Waals surface area contributed by atoms with Crippen LogP contribution >= 0.6 is 23.2 Å². The summed E-state index contributed by atoms with van der Waals surface area (Å²) in [4.78, 5) is 3.58. The second kappa shape index (κ2) is 5.67. The Labute approximate surface area is 125 Å². The van der Waals surface area contributed by atoms with Crippen LogP contribution in [0.5, 0.6) is 0 Å². The van der Waals surface area contributed by atoms with Crippen LogP contribution in [0.25, 0.3) is 0 Å². The van der Waals surface area contributed by atoms with Gasteiger partial charge in [0, 0.05) is 11.9 Å². The number of aromatic nitrogens is 1. The first-order chi connectivity index (χ1) is 9.42. The highest BCUT2D eigenvalue weighted by Gasteiger charge is 2.16. The number of halogens is 2. The zero-order chi connectivity index (χ0) is 14.8. The summed E-state index contributed by atoms with van der Waals surface area (Å²) >= 11 is 11.4. The first-order valence-corrected chi connectivity index (χ1v) is 7.50. The highest BCUT2D eigenvalue weighted by atomic mass is 35.5. The summed E-state index contributed by atoms with van der Waals surface area (Å²) in [5.74, 6) is 0. The van der Waals surface area contributed by atoms with Crippen molar-refractivity contribution in [3.05, 3.63) is 52.3 Å². The molecule has 0 aliphatic rings. The van der Waals surface area contributed by atoms with Gasteiger partial charge in [-0.1, -0.05) is 23.2 Å². The summed E-state index contributed by atoms with van der Waals surface area (Å²) in [5.41, 5.74) is 0.763. The van der Waals surface area contributed by atoms with Gasteiger partial charge in [0.25, 0.3) is 10.0 Å². The predicted molar refractivity (Wildman–Crippen MR) is 76.2 cm³/mol. The zero-order valence-corrected chi connectivity index (χ0v) is 12.2. The van der Waals surface area contributed by atoms with Gasteiger partial charge in [0.2, 0.25) is 0 Å². The Bertz CT molecular complexity index is 783. The monoisotopic (exact) mass is 327 g/mol. The lowest BCUT2D eigenvalue weighted by molar-refractivity contribution is 0.601. The molecule has 0 aliphatic heterocycles. The first-order valence-electron chi connectivity index (χ1n) is 5.26. The number of rotatable bonds is 3. The van der Waals surface area contributed by atoms with Crippen molar-refractivity contribution in [2.24, 2.45) is 0 Å². The summed E-state index contributed by atoms with van der Waals surface area (Å²) in [7, 11) is -3.81. The quantitative estimate of drug-likeness (QED) is 0.878. The largest absolute Gasteiger partial charge is 0.280 e. The Morgan fingerprint density at radius 2 is 1.85 bits per heavy atom. The summed E-state index contributed by atoms with van der Waals surface area (Å²) in [6, 6.07) is 9.14. The molecule has 1 heterocycles. The Balaban J connectivity index is 2.30. The summed E-state index contributed by atoms with van der Waals surface area (Å²) in [6.07, 6.45) is 1.11. The molecular formula is C12H7Cl2N3O2S. The molecule has 0 amide bonds. The lowest BCUT2D eigenvalue weighted by atomic mass is 10.2. The molecule has 8 heteroatoms. The maximum Gasteiger partial charge on any atom is 0.263 e. The van der Waals surface area contributed by atoms with Crippen molar-refractivity contribution in [1.82, 2.24) is 4.98 Å². The number of hydrogen-bond acceptors (Lipinski definition) is 4. The molecule has 20 heavy (non-hydrogen) atoms. The van der Waals surface area contributed by atoms with Crippen molar-refractivity contribution in [2.45, 2.75) is 4.90 Å². The molecule has 0 saturated heterocycles. The van der Waals surface area contributed by atoms with Crippen LogP contribution in [-0.2, 0) is 10.0 Å². The Morgan fingerprint density at radius 1 is 1.20 bits per heavy atom. The van der Waals surface area contributed by atoms with Gasteiger partial charge in [-0.3, -0.25) is 4.72 Å². The van der Waals surface area contributed by atoms with E-state index in [1.807, 2.05) is 6.07 Å². The van der Waals surface area contributed by atoms with Crippen LogP contribution in [-0.4, -0.2) is 13.4 Å². The van der Waals surface area contributed by atoms with Gasteiger partial charge < -0.3 is 0 Å². The number of anilines is 1. The van der Waals surface area contributed by atoms with E-state index in [0.717, 1.165) is 6.20 Å². The van der Waals surface area contributed by atoms with Crippen molar-refractivity contribution in [1.29, 1.82) is 5.26 Å². The van der Waals surface area contributed by atoms with Crippen molar-refractivity contribution in [3.63, 3.8) is 0 Å². The van der Waals surface area contributed by atoms with Crippen LogP contribution in [0.15, 0.2) is 41.4 Å². The Morgan fingerprint density at radius 3 is 2.40 bits per heavy atom. The number of sulfonamides is 1. The van der Waals surface area contributed by atoms with Crippen molar-refractivity contribution in [2.75, 3.05) is 4.72 Å².